The van der Waals surface area contributed by atoms with Crippen molar-refractivity contribution >= 4 is 0 Å². The monoisotopic (exact) mass is 141 g/mol. The highest BCUT2D eigenvalue weighted by atomic mass is 16.6. The van der Waals surface area contributed by atoms with Crippen LogP contribution in [0.15, 0.2) is 18.5 Å². The third kappa shape index (κ3) is 2.16. The lowest BCUT2D eigenvalue weighted by molar-refractivity contribution is 0.131. The molecule has 0 aliphatic heterocycles. The SMILES string of the molecule is NOCCCn1cccn1. The lowest BCUT2D eigenvalue weighted by atomic mass is 10.4. The zero-order valence-corrected chi connectivity index (χ0v) is 5.73. The van der Waals surface area contributed by atoms with Crippen LogP contribution < -0.4 is 5.90 Å². The van der Waals surface area contributed by atoms with E-state index in [9.17, 15) is 0 Å². The van der Waals surface area contributed by atoms with E-state index in [4.69, 9.17) is 5.90 Å². The highest BCUT2D eigenvalue weighted by molar-refractivity contribution is 4.77. The molecule has 0 aliphatic carbocycles. The molecule has 0 bridgehead atoms. The summed E-state index contributed by atoms with van der Waals surface area (Å²) in [4.78, 5) is 4.40. The van der Waals surface area contributed by atoms with Crippen LogP contribution in [0, 0.1) is 0 Å². The van der Waals surface area contributed by atoms with Gasteiger partial charge in [0.15, 0.2) is 0 Å². The Balaban J connectivity index is 2.15. The van der Waals surface area contributed by atoms with Gasteiger partial charge in [-0.05, 0) is 12.5 Å². The molecule has 0 fully saturated rings. The summed E-state index contributed by atoms with van der Waals surface area (Å²) in [7, 11) is 0. The predicted octanol–water partition coefficient (Wildman–Crippen LogP) is 0.163. The molecule has 4 nitrogen and oxygen atoms in total. The molecule has 0 amide bonds. The van der Waals surface area contributed by atoms with Gasteiger partial charge in [-0.2, -0.15) is 5.10 Å². The van der Waals surface area contributed by atoms with Gasteiger partial charge in [-0.1, -0.05) is 0 Å². The highest BCUT2D eigenvalue weighted by Crippen LogP contribution is 1.87. The van der Waals surface area contributed by atoms with Crippen LogP contribution in [0.4, 0.5) is 0 Å². The molecular formula is C6H11N3O. The van der Waals surface area contributed by atoms with Crippen molar-refractivity contribution in [1.29, 1.82) is 0 Å². The molecule has 0 saturated heterocycles. The number of rotatable bonds is 4. The van der Waals surface area contributed by atoms with Crippen molar-refractivity contribution < 1.29 is 4.84 Å². The number of aromatic nitrogens is 2. The van der Waals surface area contributed by atoms with Crippen molar-refractivity contribution in [3.63, 3.8) is 0 Å². The lowest BCUT2D eigenvalue weighted by Crippen LogP contribution is -2.05. The molecule has 0 spiro atoms. The number of nitrogens with two attached hydrogens (primary N) is 1. The van der Waals surface area contributed by atoms with E-state index in [0.717, 1.165) is 13.0 Å². The van der Waals surface area contributed by atoms with E-state index in [1.807, 2.05) is 16.9 Å². The molecule has 0 atom stereocenters. The number of aryl methyl sites for hydroxylation is 1. The maximum absolute atomic E-state index is 4.84. The Labute approximate surface area is 59.5 Å². The molecule has 1 rings (SSSR count). The van der Waals surface area contributed by atoms with Gasteiger partial charge in [0, 0.05) is 18.9 Å². The first-order valence-corrected chi connectivity index (χ1v) is 3.22. The van der Waals surface area contributed by atoms with Crippen LogP contribution >= 0.6 is 0 Å². The summed E-state index contributed by atoms with van der Waals surface area (Å²) >= 11 is 0. The summed E-state index contributed by atoms with van der Waals surface area (Å²) in [6.45, 7) is 1.45. The molecule has 1 aromatic heterocycles. The first-order valence-electron chi connectivity index (χ1n) is 3.22. The van der Waals surface area contributed by atoms with Crippen LogP contribution in [0.3, 0.4) is 0 Å². The molecule has 0 radical (unpaired) electrons. The lowest BCUT2D eigenvalue weighted by Gasteiger charge is -1.98. The second-order valence-corrected chi connectivity index (χ2v) is 1.99. The first kappa shape index (κ1) is 7.24. The summed E-state index contributed by atoms with van der Waals surface area (Å²) in [5.41, 5.74) is 0. The van der Waals surface area contributed by atoms with Gasteiger partial charge in [0.25, 0.3) is 0 Å². The van der Waals surface area contributed by atoms with Crippen LogP contribution in [-0.2, 0) is 11.4 Å². The molecule has 10 heavy (non-hydrogen) atoms. The zero-order valence-electron chi connectivity index (χ0n) is 5.73. The smallest absolute Gasteiger partial charge is 0.0696 e. The zero-order chi connectivity index (χ0) is 7.23. The van der Waals surface area contributed by atoms with Gasteiger partial charge in [0.2, 0.25) is 0 Å². The Morgan fingerprint density at radius 3 is 3.10 bits per heavy atom. The van der Waals surface area contributed by atoms with E-state index in [-0.39, 0.29) is 0 Å². The quantitative estimate of drug-likeness (QED) is 0.480. The molecule has 1 aromatic rings. The van der Waals surface area contributed by atoms with Gasteiger partial charge >= 0.3 is 0 Å². The second-order valence-electron chi connectivity index (χ2n) is 1.99. The van der Waals surface area contributed by atoms with Gasteiger partial charge in [-0.3, -0.25) is 4.68 Å². The first-order chi connectivity index (χ1) is 4.93. The van der Waals surface area contributed by atoms with Gasteiger partial charge in [-0.25, -0.2) is 5.90 Å². The molecule has 4 heteroatoms. The summed E-state index contributed by atoms with van der Waals surface area (Å²) in [5.74, 6) is 4.84. The largest absolute Gasteiger partial charge is 0.305 e. The molecular weight excluding hydrogens is 130 g/mol. The van der Waals surface area contributed by atoms with Crippen LogP contribution in [0.1, 0.15) is 6.42 Å². The van der Waals surface area contributed by atoms with Gasteiger partial charge in [0.05, 0.1) is 6.61 Å². The maximum atomic E-state index is 4.84. The van der Waals surface area contributed by atoms with Gasteiger partial charge in [0.1, 0.15) is 0 Å². The fourth-order valence-corrected chi connectivity index (χ4v) is 0.743. The summed E-state index contributed by atoms with van der Waals surface area (Å²) in [5, 5.41) is 4.01. The molecule has 0 saturated carbocycles. The second kappa shape index (κ2) is 4.03. The fourth-order valence-electron chi connectivity index (χ4n) is 0.743. The number of hydrogen-bond acceptors (Lipinski definition) is 3. The number of nitrogens with zero attached hydrogens (tertiary/aromatic N) is 2. The van der Waals surface area contributed by atoms with Crippen molar-refractivity contribution in [2.45, 2.75) is 13.0 Å². The third-order valence-corrected chi connectivity index (χ3v) is 1.21. The Bertz CT molecular complexity index is 162. The van der Waals surface area contributed by atoms with Crippen molar-refractivity contribution in [2.75, 3.05) is 6.61 Å². The fraction of sp³-hybridized carbons (Fsp3) is 0.500. The molecule has 56 valence electrons. The average molecular weight is 141 g/mol. The van der Waals surface area contributed by atoms with Gasteiger partial charge < -0.3 is 4.84 Å². The Kier molecular flexibility index (Phi) is 2.92. The Morgan fingerprint density at radius 1 is 1.60 bits per heavy atom. The summed E-state index contributed by atoms with van der Waals surface area (Å²) < 4.78 is 1.85. The molecule has 2 N–H and O–H groups in total. The van der Waals surface area contributed by atoms with Crippen molar-refractivity contribution in [3.8, 4) is 0 Å². The van der Waals surface area contributed by atoms with E-state index < -0.39 is 0 Å². The van der Waals surface area contributed by atoms with E-state index in [0.29, 0.717) is 6.61 Å². The molecule has 0 unspecified atom stereocenters. The van der Waals surface area contributed by atoms with Crippen LogP contribution in [0.25, 0.3) is 0 Å². The van der Waals surface area contributed by atoms with Crippen LogP contribution in [0.2, 0.25) is 0 Å². The van der Waals surface area contributed by atoms with E-state index >= 15 is 0 Å². The normalized spacial score (nSPS) is 10.1. The standard InChI is InChI=1S/C6H11N3O/c7-10-6-2-5-9-4-1-3-8-9/h1,3-4H,2,5-7H2. The predicted molar refractivity (Wildman–Crippen MR) is 37.0 cm³/mol. The molecule has 0 aromatic carbocycles. The van der Waals surface area contributed by atoms with Crippen molar-refractivity contribution in [2.24, 2.45) is 5.90 Å². The van der Waals surface area contributed by atoms with E-state index in [2.05, 4.69) is 9.94 Å². The summed E-state index contributed by atoms with van der Waals surface area (Å²) in [6, 6.07) is 1.89. The maximum Gasteiger partial charge on any atom is 0.0696 e. The minimum atomic E-state index is 0.583. The highest BCUT2D eigenvalue weighted by Gasteiger charge is 1.88. The van der Waals surface area contributed by atoms with Crippen LogP contribution in [-0.4, -0.2) is 16.4 Å². The topological polar surface area (TPSA) is 53.1 Å². The number of hydrogen-bond donors (Lipinski definition) is 1. The summed E-state index contributed by atoms with van der Waals surface area (Å²) in [6.07, 6.45) is 4.57. The van der Waals surface area contributed by atoms with Crippen molar-refractivity contribution in [3.05, 3.63) is 18.5 Å². The molecule has 0 aliphatic rings. The Morgan fingerprint density at radius 2 is 2.50 bits per heavy atom. The minimum Gasteiger partial charge on any atom is -0.305 e. The van der Waals surface area contributed by atoms with E-state index in [1.54, 1.807) is 6.20 Å². The third-order valence-electron chi connectivity index (χ3n) is 1.21. The van der Waals surface area contributed by atoms with Crippen LogP contribution in [0.5, 0.6) is 0 Å². The average Bonchev–Trinajstić information content (AvgIpc) is 2.41. The minimum absolute atomic E-state index is 0.583. The van der Waals surface area contributed by atoms with Gasteiger partial charge in [-0.15, -0.1) is 0 Å². The van der Waals surface area contributed by atoms with Crippen molar-refractivity contribution in [1.82, 2.24) is 9.78 Å². The molecule has 1 heterocycles. The van der Waals surface area contributed by atoms with E-state index in [1.165, 1.54) is 0 Å². The Hall–Kier alpha value is -0.870.